The van der Waals surface area contributed by atoms with E-state index < -0.39 is 0 Å². The minimum absolute atomic E-state index is 0.222. The summed E-state index contributed by atoms with van der Waals surface area (Å²) in [6, 6.07) is 0. The summed E-state index contributed by atoms with van der Waals surface area (Å²) < 4.78 is 0. The smallest absolute Gasteiger partial charge is 0.223 e. The number of hydrogen-bond acceptors (Lipinski definition) is 2. The Morgan fingerprint density at radius 2 is 1.82 bits per heavy atom. The van der Waals surface area contributed by atoms with Crippen LogP contribution in [0.1, 0.15) is 44.9 Å². The maximum absolute atomic E-state index is 12.1. The fourth-order valence-corrected chi connectivity index (χ4v) is 4.18. The summed E-state index contributed by atoms with van der Waals surface area (Å²) in [6.07, 6.45) is 8.85. The fraction of sp³-hybridized carbons (Fsp3) is 0.929. The lowest BCUT2D eigenvalue weighted by Gasteiger charge is -2.27. The maximum Gasteiger partial charge on any atom is 0.223 e. The first kappa shape index (κ1) is 11.5. The predicted molar refractivity (Wildman–Crippen MR) is 67.3 cm³/mol. The van der Waals surface area contributed by atoms with Crippen LogP contribution in [-0.2, 0) is 4.79 Å². The van der Waals surface area contributed by atoms with Crippen LogP contribution >= 0.6 is 0 Å². The van der Waals surface area contributed by atoms with Gasteiger partial charge < -0.3 is 11.1 Å². The lowest BCUT2D eigenvalue weighted by atomic mass is 9.86. The molecular formula is C14H24N2O. The second kappa shape index (κ2) is 4.27. The van der Waals surface area contributed by atoms with Gasteiger partial charge >= 0.3 is 0 Å². The van der Waals surface area contributed by atoms with E-state index in [9.17, 15) is 4.79 Å². The fourth-order valence-electron chi connectivity index (χ4n) is 4.18. The van der Waals surface area contributed by atoms with E-state index in [2.05, 4.69) is 5.32 Å². The van der Waals surface area contributed by atoms with Crippen molar-refractivity contribution in [2.24, 2.45) is 28.9 Å². The van der Waals surface area contributed by atoms with E-state index in [1.807, 2.05) is 0 Å². The van der Waals surface area contributed by atoms with Crippen molar-refractivity contribution < 1.29 is 4.79 Å². The van der Waals surface area contributed by atoms with Crippen LogP contribution in [-0.4, -0.2) is 19.0 Å². The van der Waals surface area contributed by atoms with Crippen molar-refractivity contribution in [3.05, 3.63) is 0 Å². The average Bonchev–Trinajstić information content (AvgIpc) is 2.78. The van der Waals surface area contributed by atoms with Gasteiger partial charge in [-0.2, -0.15) is 0 Å². The van der Waals surface area contributed by atoms with E-state index in [0.717, 1.165) is 24.9 Å². The van der Waals surface area contributed by atoms with Gasteiger partial charge in [0, 0.05) is 12.5 Å². The zero-order valence-electron chi connectivity index (χ0n) is 10.6. The van der Waals surface area contributed by atoms with Crippen LogP contribution < -0.4 is 11.1 Å². The summed E-state index contributed by atoms with van der Waals surface area (Å²) in [7, 11) is 0. The zero-order valence-corrected chi connectivity index (χ0v) is 10.6. The highest BCUT2D eigenvalue weighted by molar-refractivity contribution is 5.82. The summed E-state index contributed by atoms with van der Waals surface area (Å²) in [5.74, 6) is 2.14. The van der Waals surface area contributed by atoms with E-state index in [1.165, 1.54) is 44.9 Å². The van der Waals surface area contributed by atoms with Crippen LogP contribution in [0.5, 0.6) is 0 Å². The largest absolute Gasteiger partial charge is 0.355 e. The molecule has 17 heavy (non-hydrogen) atoms. The van der Waals surface area contributed by atoms with E-state index in [4.69, 9.17) is 5.73 Å². The van der Waals surface area contributed by atoms with Crippen molar-refractivity contribution >= 4 is 5.91 Å². The molecule has 3 aliphatic rings. The van der Waals surface area contributed by atoms with Crippen molar-refractivity contribution in [3.8, 4) is 0 Å². The molecule has 0 spiro atoms. The van der Waals surface area contributed by atoms with Crippen LogP contribution in [0.3, 0.4) is 0 Å². The third kappa shape index (κ3) is 1.99. The number of carbonyl (C=O) groups excluding carboxylic acids is 1. The Morgan fingerprint density at radius 1 is 1.18 bits per heavy atom. The Labute approximate surface area is 104 Å². The highest BCUT2D eigenvalue weighted by Crippen LogP contribution is 2.57. The van der Waals surface area contributed by atoms with Gasteiger partial charge in [-0.05, 0) is 49.5 Å². The number of nitrogens with two attached hydrogens (primary N) is 1. The quantitative estimate of drug-likeness (QED) is 0.780. The minimum Gasteiger partial charge on any atom is -0.355 e. The molecule has 0 bridgehead atoms. The molecule has 0 aliphatic heterocycles. The van der Waals surface area contributed by atoms with Gasteiger partial charge in [0.05, 0.1) is 0 Å². The van der Waals surface area contributed by atoms with E-state index in [0.29, 0.717) is 11.8 Å². The molecule has 0 saturated heterocycles. The molecule has 1 amide bonds. The molecule has 0 radical (unpaired) electrons. The first-order chi connectivity index (χ1) is 8.26. The molecule has 0 aromatic heterocycles. The summed E-state index contributed by atoms with van der Waals surface area (Å²) in [5, 5.41) is 3.19. The highest BCUT2D eigenvalue weighted by atomic mass is 16.2. The van der Waals surface area contributed by atoms with Crippen LogP contribution in [0.4, 0.5) is 0 Å². The van der Waals surface area contributed by atoms with E-state index in [-0.39, 0.29) is 5.41 Å². The Bertz CT molecular complexity index is 299. The minimum atomic E-state index is 0.222. The van der Waals surface area contributed by atoms with Gasteiger partial charge in [0.25, 0.3) is 0 Å². The van der Waals surface area contributed by atoms with Crippen LogP contribution in [0.2, 0.25) is 0 Å². The van der Waals surface area contributed by atoms with Crippen LogP contribution in [0, 0.1) is 23.2 Å². The van der Waals surface area contributed by atoms with Crippen molar-refractivity contribution in [2.45, 2.75) is 44.9 Å². The molecule has 3 fully saturated rings. The van der Waals surface area contributed by atoms with Crippen molar-refractivity contribution in [2.75, 3.05) is 13.1 Å². The molecule has 3 saturated carbocycles. The van der Waals surface area contributed by atoms with Crippen molar-refractivity contribution in [1.29, 1.82) is 0 Å². The normalized spacial score (nSPS) is 37.8. The third-order valence-electron chi connectivity index (χ3n) is 5.44. The molecule has 2 unspecified atom stereocenters. The summed E-state index contributed by atoms with van der Waals surface area (Å²) in [4.78, 5) is 12.1. The topological polar surface area (TPSA) is 55.1 Å². The molecule has 96 valence electrons. The second-order valence-corrected chi connectivity index (χ2v) is 6.41. The summed E-state index contributed by atoms with van der Waals surface area (Å²) in [6.45, 7) is 1.54. The summed E-state index contributed by atoms with van der Waals surface area (Å²) >= 11 is 0. The van der Waals surface area contributed by atoms with Gasteiger partial charge in [-0.3, -0.25) is 4.79 Å². The number of nitrogens with one attached hydrogen (secondary N) is 1. The molecule has 3 nitrogen and oxygen atoms in total. The molecule has 0 aromatic carbocycles. The predicted octanol–water partition coefficient (Wildman–Crippen LogP) is 1.67. The number of rotatable bonds is 4. The van der Waals surface area contributed by atoms with Crippen LogP contribution in [0.25, 0.3) is 0 Å². The molecule has 3 aliphatic carbocycles. The van der Waals surface area contributed by atoms with Gasteiger partial charge in [-0.1, -0.05) is 19.3 Å². The number of fused-ring (bicyclic) bond motifs is 1. The highest BCUT2D eigenvalue weighted by Gasteiger charge is 2.56. The zero-order chi connectivity index (χ0) is 11.9. The third-order valence-corrected chi connectivity index (χ3v) is 5.44. The molecule has 3 rings (SSSR count). The SMILES string of the molecule is NCC1(CNC(=O)C2C3CCCC32)CCCC1. The Kier molecular flexibility index (Phi) is 2.89. The van der Waals surface area contributed by atoms with Crippen molar-refractivity contribution in [3.63, 3.8) is 0 Å². The second-order valence-electron chi connectivity index (χ2n) is 6.41. The maximum atomic E-state index is 12.1. The van der Waals surface area contributed by atoms with E-state index in [1.54, 1.807) is 0 Å². The molecular weight excluding hydrogens is 212 g/mol. The number of hydrogen-bond donors (Lipinski definition) is 2. The lowest BCUT2D eigenvalue weighted by molar-refractivity contribution is -0.123. The summed E-state index contributed by atoms with van der Waals surface area (Å²) in [5.41, 5.74) is 6.11. The first-order valence-corrected chi connectivity index (χ1v) is 7.24. The molecule has 3 N–H and O–H groups in total. The lowest BCUT2D eigenvalue weighted by Crippen LogP contribution is -2.41. The standard InChI is InChI=1S/C14H24N2O/c15-8-14(6-1-2-7-14)9-16-13(17)12-10-4-3-5-11(10)12/h10-12H,1-9,15H2,(H,16,17). The van der Waals surface area contributed by atoms with Gasteiger partial charge in [0.1, 0.15) is 0 Å². The molecule has 0 heterocycles. The van der Waals surface area contributed by atoms with Gasteiger partial charge in [0.15, 0.2) is 0 Å². The van der Waals surface area contributed by atoms with Crippen LogP contribution in [0.15, 0.2) is 0 Å². The Hall–Kier alpha value is -0.570. The first-order valence-electron chi connectivity index (χ1n) is 7.24. The average molecular weight is 236 g/mol. The molecule has 3 heteroatoms. The molecule has 2 atom stereocenters. The van der Waals surface area contributed by atoms with Gasteiger partial charge in [0.2, 0.25) is 5.91 Å². The number of carbonyl (C=O) groups is 1. The van der Waals surface area contributed by atoms with Gasteiger partial charge in [-0.25, -0.2) is 0 Å². The van der Waals surface area contributed by atoms with E-state index >= 15 is 0 Å². The Morgan fingerprint density at radius 3 is 2.41 bits per heavy atom. The van der Waals surface area contributed by atoms with Gasteiger partial charge in [-0.15, -0.1) is 0 Å². The number of amides is 1. The Balaban J connectivity index is 1.49. The molecule has 0 aromatic rings. The van der Waals surface area contributed by atoms with Crippen molar-refractivity contribution in [1.82, 2.24) is 5.32 Å². The monoisotopic (exact) mass is 236 g/mol.